The van der Waals surface area contributed by atoms with Gasteiger partial charge in [-0.3, -0.25) is 9.88 Å². The summed E-state index contributed by atoms with van der Waals surface area (Å²) in [6, 6.07) is 21.3. The van der Waals surface area contributed by atoms with Crippen LogP contribution in [0.4, 0.5) is 10.1 Å². The number of aromatic nitrogens is 1. The van der Waals surface area contributed by atoms with Crippen molar-refractivity contribution in [2.75, 3.05) is 31.1 Å². The fourth-order valence-corrected chi connectivity index (χ4v) is 3.42. The molecule has 0 atom stereocenters. The minimum Gasteiger partial charge on any atom is -0.369 e. The minimum absolute atomic E-state index is 0.209. The number of hydrogen-bond donors (Lipinski definition) is 0. The SMILES string of the molecule is Fc1ccc(-c2ccnc(CN3CCN(c4ccccc4)CC3)c2)cc1. The third-order valence-corrected chi connectivity index (χ3v) is 4.87. The van der Waals surface area contributed by atoms with Crippen molar-refractivity contribution >= 4 is 5.69 Å². The number of benzene rings is 2. The van der Waals surface area contributed by atoms with E-state index in [1.165, 1.54) is 17.8 Å². The molecule has 3 aromatic rings. The summed E-state index contributed by atoms with van der Waals surface area (Å²) in [6.07, 6.45) is 1.84. The molecular formula is C22H22FN3. The van der Waals surface area contributed by atoms with Gasteiger partial charge in [-0.15, -0.1) is 0 Å². The first-order valence-corrected chi connectivity index (χ1v) is 9.01. The van der Waals surface area contributed by atoms with Gasteiger partial charge in [0.25, 0.3) is 0 Å². The average Bonchev–Trinajstić information content (AvgIpc) is 2.70. The third kappa shape index (κ3) is 3.92. The number of rotatable bonds is 4. The molecule has 1 fully saturated rings. The van der Waals surface area contributed by atoms with Crippen molar-refractivity contribution in [2.45, 2.75) is 6.54 Å². The number of halogens is 1. The van der Waals surface area contributed by atoms with Gasteiger partial charge >= 0.3 is 0 Å². The molecule has 2 aromatic carbocycles. The van der Waals surface area contributed by atoms with Crippen LogP contribution in [0.1, 0.15) is 5.69 Å². The Kier molecular flexibility index (Phi) is 4.93. The number of hydrogen-bond acceptors (Lipinski definition) is 3. The van der Waals surface area contributed by atoms with Gasteiger partial charge in [-0.25, -0.2) is 4.39 Å². The molecule has 0 spiro atoms. The Morgan fingerprint density at radius 1 is 0.808 bits per heavy atom. The quantitative estimate of drug-likeness (QED) is 0.705. The fraction of sp³-hybridized carbons (Fsp3) is 0.227. The lowest BCUT2D eigenvalue weighted by molar-refractivity contribution is 0.247. The van der Waals surface area contributed by atoms with E-state index in [9.17, 15) is 4.39 Å². The number of anilines is 1. The zero-order chi connectivity index (χ0) is 17.8. The fourth-order valence-electron chi connectivity index (χ4n) is 3.42. The molecule has 0 amide bonds. The number of piperazine rings is 1. The maximum absolute atomic E-state index is 13.1. The summed E-state index contributed by atoms with van der Waals surface area (Å²) in [7, 11) is 0. The van der Waals surface area contributed by atoms with Gasteiger partial charge in [0.15, 0.2) is 0 Å². The molecule has 132 valence electrons. The molecule has 2 heterocycles. The van der Waals surface area contributed by atoms with E-state index in [4.69, 9.17) is 0 Å². The molecule has 0 unspecified atom stereocenters. The monoisotopic (exact) mass is 347 g/mol. The van der Waals surface area contributed by atoms with Crippen LogP contribution in [0, 0.1) is 5.82 Å². The predicted octanol–water partition coefficient (Wildman–Crippen LogP) is 4.21. The second kappa shape index (κ2) is 7.67. The Morgan fingerprint density at radius 2 is 1.54 bits per heavy atom. The Hall–Kier alpha value is -2.72. The molecule has 3 nitrogen and oxygen atoms in total. The maximum atomic E-state index is 13.1. The molecule has 26 heavy (non-hydrogen) atoms. The zero-order valence-electron chi connectivity index (χ0n) is 14.7. The Morgan fingerprint density at radius 3 is 2.27 bits per heavy atom. The highest BCUT2D eigenvalue weighted by Gasteiger charge is 2.17. The van der Waals surface area contributed by atoms with E-state index in [2.05, 4.69) is 51.2 Å². The van der Waals surface area contributed by atoms with Crippen molar-refractivity contribution < 1.29 is 4.39 Å². The first-order chi connectivity index (χ1) is 12.8. The van der Waals surface area contributed by atoms with E-state index in [0.717, 1.165) is 49.5 Å². The van der Waals surface area contributed by atoms with E-state index in [0.29, 0.717) is 0 Å². The van der Waals surface area contributed by atoms with Crippen LogP contribution in [-0.2, 0) is 6.54 Å². The van der Waals surface area contributed by atoms with Gasteiger partial charge < -0.3 is 4.90 Å². The van der Waals surface area contributed by atoms with Gasteiger partial charge in [-0.2, -0.15) is 0 Å². The average molecular weight is 347 g/mol. The van der Waals surface area contributed by atoms with Crippen molar-refractivity contribution in [1.82, 2.24) is 9.88 Å². The molecule has 4 heteroatoms. The zero-order valence-corrected chi connectivity index (χ0v) is 14.7. The molecule has 0 radical (unpaired) electrons. The van der Waals surface area contributed by atoms with E-state index in [-0.39, 0.29) is 5.82 Å². The molecule has 4 rings (SSSR count). The van der Waals surface area contributed by atoms with Gasteiger partial charge in [0.05, 0.1) is 5.69 Å². The largest absolute Gasteiger partial charge is 0.369 e. The molecule has 0 aliphatic carbocycles. The summed E-state index contributed by atoms with van der Waals surface area (Å²) in [5.74, 6) is -0.209. The first kappa shape index (κ1) is 16.7. The standard InChI is InChI=1S/C22H22FN3/c23-20-8-6-18(7-9-20)19-10-11-24-21(16-19)17-25-12-14-26(15-13-25)22-4-2-1-3-5-22/h1-11,16H,12-15,17H2. The molecule has 1 aromatic heterocycles. The minimum atomic E-state index is -0.209. The highest BCUT2D eigenvalue weighted by atomic mass is 19.1. The van der Waals surface area contributed by atoms with Crippen LogP contribution in [0.2, 0.25) is 0 Å². The smallest absolute Gasteiger partial charge is 0.123 e. The second-order valence-electron chi connectivity index (χ2n) is 6.64. The van der Waals surface area contributed by atoms with E-state index in [1.807, 2.05) is 24.4 Å². The van der Waals surface area contributed by atoms with Crippen LogP contribution in [-0.4, -0.2) is 36.1 Å². The van der Waals surface area contributed by atoms with Crippen molar-refractivity contribution in [1.29, 1.82) is 0 Å². The van der Waals surface area contributed by atoms with Crippen LogP contribution >= 0.6 is 0 Å². The summed E-state index contributed by atoms with van der Waals surface area (Å²) < 4.78 is 13.1. The highest BCUT2D eigenvalue weighted by Crippen LogP contribution is 2.21. The lowest BCUT2D eigenvalue weighted by atomic mass is 10.1. The Bertz CT molecular complexity index is 841. The van der Waals surface area contributed by atoms with Crippen LogP contribution in [0.5, 0.6) is 0 Å². The molecule has 1 saturated heterocycles. The van der Waals surface area contributed by atoms with Crippen molar-refractivity contribution in [3.8, 4) is 11.1 Å². The number of para-hydroxylation sites is 1. The number of nitrogens with zero attached hydrogens (tertiary/aromatic N) is 3. The maximum Gasteiger partial charge on any atom is 0.123 e. The topological polar surface area (TPSA) is 19.4 Å². The summed E-state index contributed by atoms with van der Waals surface area (Å²) in [6.45, 7) is 4.95. The van der Waals surface area contributed by atoms with Crippen molar-refractivity contribution in [3.63, 3.8) is 0 Å². The lowest BCUT2D eigenvalue weighted by Crippen LogP contribution is -2.46. The van der Waals surface area contributed by atoms with Gasteiger partial charge in [0.1, 0.15) is 5.82 Å². The van der Waals surface area contributed by atoms with Crippen LogP contribution in [0.15, 0.2) is 72.9 Å². The third-order valence-electron chi connectivity index (χ3n) is 4.87. The van der Waals surface area contributed by atoms with Gasteiger partial charge in [-0.1, -0.05) is 30.3 Å². The van der Waals surface area contributed by atoms with Crippen LogP contribution in [0.3, 0.4) is 0 Å². The first-order valence-electron chi connectivity index (χ1n) is 9.01. The molecule has 0 bridgehead atoms. The number of pyridine rings is 1. The predicted molar refractivity (Wildman–Crippen MR) is 104 cm³/mol. The normalized spacial score (nSPS) is 15.2. The van der Waals surface area contributed by atoms with E-state index < -0.39 is 0 Å². The Labute approximate surface area is 153 Å². The molecule has 0 saturated carbocycles. The Balaban J connectivity index is 1.39. The summed E-state index contributed by atoms with van der Waals surface area (Å²) in [4.78, 5) is 9.39. The highest BCUT2D eigenvalue weighted by molar-refractivity contribution is 5.63. The van der Waals surface area contributed by atoms with Gasteiger partial charge in [0.2, 0.25) is 0 Å². The van der Waals surface area contributed by atoms with E-state index >= 15 is 0 Å². The molecular weight excluding hydrogens is 325 g/mol. The summed E-state index contributed by atoms with van der Waals surface area (Å²) in [5, 5.41) is 0. The molecule has 1 aliphatic heterocycles. The summed E-state index contributed by atoms with van der Waals surface area (Å²) in [5.41, 5.74) is 4.45. The van der Waals surface area contributed by atoms with Gasteiger partial charge in [-0.05, 0) is 47.5 Å². The van der Waals surface area contributed by atoms with Crippen molar-refractivity contribution in [3.05, 3.63) is 84.4 Å². The van der Waals surface area contributed by atoms with Gasteiger partial charge in [0, 0.05) is 44.6 Å². The molecule has 1 aliphatic rings. The lowest BCUT2D eigenvalue weighted by Gasteiger charge is -2.36. The van der Waals surface area contributed by atoms with Crippen LogP contribution < -0.4 is 4.90 Å². The van der Waals surface area contributed by atoms with E-state index in [1.54, 1.807) is 0 Å². The molecule has 0 N–H and O–H groups in total. The summed E-state index contributed by atoms with van der Waals surface area (Å²) >= 11 is 0. The van der Waals surface area contributed by atoms with Crippen LogP contribution in [0.25, 0.3) is 11.1 Å². The van der Waals surface area contributed by atoms with Crippen molar-refractivity contribution in [2.24, 2.45) is 0 Å². The second-order valence-corrected chi connectivity index (χ2v) is 6.64.